The molecule has 1 aromatic rings. The van der Waals surface area contributed by atoms with E-state index >= 15 is 0 Å². The molecule has 1 aliphatic rings. The molecule has 0 fully saturated rings. The summed E-state index contributed by atoms with van der Waals surface area (Å²) in [6.07, 6.45) is 1.84. The van der Waals surface area contributed by atoms with Crippen molar-refractivity contribution in [2.75, 3.05) is 13.1 Å². The van der Waals surface area contributed by atoms with Gasteiger partial charge in [-0.05, 0) is 18.5 Å². The lowest BCUT2D eigenvalue weighted by molar-refractivity contribution is 0.664. The van der Waals surface area contributed by atoms with E-state index in [1.807, 2.05) is 0 Å². The van der Waals surface area contributed by atoms with Gasteiger partial charge in [-0.3, -0.25) is 4.79 Å². The Bertz CT molecular complexity index is 375. The van der Waals surface area contributed by atoms with E-state index in [-0.39, 0.29) is 18.0 Å². The number of nitrogens with zero attached hydrogens (tertiary/aromatic N) is 2. The highest BCUT2D eigenvalue weighted by Gasteiger charge is 2.09. The van der Waals surface area contributed by atoms with Gasteiger partial charge in [-0.25, -0.2) is 4.68 Å². The van der Waals surface area contributed by atoms with Crippen LogP contribution in [0.3, 0.4) is 0 Å². The molecule has 5 heteroatoms. The number of nitrogens with one attached hydrogen (secondary N) is 1. The number of rotatable bonds is 0. The first-order valence-electron chi connectivity index (χ1n) is 4.54. The van der Waals surface area contributed by atoms with E-state index in [0.29, 0.717) is 0 Å². The molecule has 1 aromatic heterocycles. The second-order valence-corrected chi connectivity index (χ2v) is 3.33. The fraction of sp³-hybridized carbons (Fsp3) is 0.556. The van der Waals surface area contributed by atoms with E-state index in [2.05, 4.69) is 10.4 Å². The second-order valence-electron chi connectivity index (χ2n) is 3.33. The van der Waals surface area contributed by atoms with Crippen molar-refractivity contribution >= 4 is 12.4 Å². The summed E-state index contributed by atoms with van der Waals surface area (Å²) in [4.78, 5) is 11.3. The molecule has 14 heavy (non-hydrogen) atoms. The zero-order valence-corrected chi connectivity index (χ0v) is 8.93. The fourth-order valence-corrected chi connectivity index (χ4v) is 1.60. The van der Waals surface area contributed by atoms with Gasteiger partial charge in [0.2, 0.25) is 0 Å². The Labute approximate surface area is 88.7 Å². The molecule has 1 aliphatic heterocycles. The molecule has 0 radical (unpaired) electrons. The van der Waals surface area contributed by atoms with Crippen LogP contribution in [0.25, 0.3) is 0 Å². The summed E-state index contributed by atoms with van der Waals surface area (Å²) >= 11 is 0. The molecular formula is C9H14ClN3O. The average molecular weight is 216 g/mol. The van der Waals surface area contributed by atoms with Crippen molar-refractivity contribution in [3.63, 3.8) is 0 Å². The maximum atomic E-state index is 11.3. The van der Waals surface area contributed by atoms with Crippen LogP contribution in [0.2, 0.25) is 0 Å². The maximum absolute atomic E-state index is 11.3. The number of aryl methyl sites for hydroxylation is 1. The zero-order chi connectivity index (χ0) is 9.26. The van der Waals surface area contributed by atoms with E-state index < -0.39 is 0 Å². The van der Waals surface area contributed by atoms with E-state index in [4.69, 9.17) is 0 Å². The van der Waals surface area contributed by atoms with Gasteiger partial charge in [0.05, 0.1) is 5.69 Å². The molecule has 2 heterocycles. The fourth-order valence-electron chi connectivity index (χ4n) is 1.60. The Morgan fingerprint density at radius 1 is 1.43 bits per heavy atom. The van der Waals surface area contributed by atoms with Crippen LogP contribution in [0.4, 0.5) is 0 Å². The Hall–Kier alpha value is -0.870. The molecule has 0 saturated heterocycles. The Morgan fingerprint density at radius 2 is 2.14 bits per heavy atom. The first-order valence-corrected chi connectivity index (χ1v) is 4.54. The Balaban J connectivity index is 0.000000980. The Morgan fingerprint density at radius 3 is 2.93 bits per heavy atom. The monoisotopic (exact) mass is 215 g/mol. The van der Waals surface area contributed by atoms with E-state index in [1.54, 1.807) is 13.1 Å². The molecular weight excluding hydrogens is 202 g/mol. The van der Waals surface area contributed by atoms with Crippen LogP contribution in [0.5, 0.6) is 0 Å². The topological polar surface area (TPSA) is 46.9 Å². The minimum Gasteiger partial charge on any atom is -0.316 e. The minimum absolute atomic E-state index is 0. The number of aromatic nitrogens is 2. The molecule has 0 amide bonds. The van der Waals surface area contributed by atoms with Crippen LogP contribution in [-0.4, -0.2) is 22.9 Å². The molecule has 0 aromatic carbocycles. The standard InChI is InChI=1S/C9H13N3O.ClH/c1-12-9(13)6-7-2-4-10-5-3-8(7)11-12;/h6,10H,2-5H2,1H3;1H. The smallest absolute Gasteiger partial charge is 0.266 e. The van der Waals surface area contributed by atoms with E-state index in [9.17, 15) is 4.79 Å². The quantitative estimate of drug-likeness (QED) is 0.657. The van der Waals surface area contributed by atoms with Crippen LogP contribution in [0.15, 0.2) is 10.9 Å². The lowest BCUT2D eigenvalue weighted by atomic mass is 10.1. The zero-order valence-electron chi connectivity index (χ0n) is 8.12. The molecule has 2 rings (SSSR count). The molecule has 1 N–H and O–H groups in total. The summed E-state index contributed by atoms with van der Waals surface area (Å²) in [5.74, 6) is 0. The van der Waals surface area contributed by atoms with Crippen LogP contribution in [-0.2, 0) is 19.9 Å². The van der Waals surface area contributed by atoms with Gasteiger partial charge < -0.3 is 5.32 Å². The van der Waals surface area contributed by atoms with Crippen molar-refractivity contribution in [1.29, 1.82) is 0 Å². The Kier molecular flexibility index (Phi) is 3.66. The third-order valence-corrected chi connectivity index (χ3v) is 2.37. The van der Waals surface area contributed by atoms with Crippen molar-refractivity contribution in [2.45, 2.75) is 12.8 Å². The SMILES string of the molecule is Cl.Cn1nc2c(cc1=O)CCNCC2. The van der Waals surface area contributed by atoms with Gasteiger partial charge in [0.15, 0.2) is 0 Å². The molecule has 4 nitrogen and oxygen atoms in total. The first kappa shape index (κ1) is 11.2. The van der Waals surface area contributed by atoms with Crippen LogP contribution in [0, 0.1) is 0 Å². The first-order chi connectivity index (χ1) is 6.27. The molecule has 0 unspecified atom stereocenters. The minimum atomic E-state index is -0.0133. The maximum Gasteiger partial charge on any atom is 0.266 e. The van der Waals surface area contributed by atoms with Gasteiger partial charge in [0.1, 0.15) is 0 Å². The number of fused-ring (bicyclic) bond motifs is 1. The van der Waals surface area contributed by atoms with Gasteiger partial charge in [-0.15, -0.1) is 12.4 Å². The van der Waals surface area contributed by atoms with Gasteiger partial charge in [-0.2, -0.15) is 5.10 Å². The number of halogens is 1. The third-order valence-electron chi connectivity index (χ3n) is 2.37. The van der Waals surface area contributed by atoms with E-state index in [0.717, 1.165) is 37.2 Å². The summed E-state index contributed by atoms with van der Waals surface area (Å²) in [6.45, 7) is 1.90. The summed E-state index contributed by atoms with van der Waals surface area (Å²) in [6, 6.07) is 1.70. The van der Waals surface area contributed by atoms with Crippen LogP contribution >= 0.6 is 12.4 Å². The lowest BCUT2D eigenvalue weighted by Gasteiger charge is -2.04. The normalized spacial score (nSPS) is 15.2. The summed E-state index contributed by atoms with van der Waals surface area (Å²) < 4.78 is 1.41. The molecule has 0 bridgehead atoms. The predicted octanol–water partition coefficient (Wildman–Crippen LogP) is -0.110. The molecule has 0 saturated carbocycles. The predicted molar refractivity (Wildman–Crippen MR) is 57.0 cm³/mol. The van der Waals surface area contributed by atoms with Crippen molar-refractivity contribution in [1.82, 2.24) is 15.1 Å². The van der Waals surface area contributed by atoms with Gasteiger partial charge in [0, 0.05) is 26.1 Å². The summed E-state index contributed by atoms with van der Waals surface area (Å²) in [5.41, 5.74) is 2.15. The van der Waals surface area contributed by atoms with Crippen LogP contribution < -0.4 is 10.9 Å². The van der Waals surface area contributed by atoms with Gasteiger partial charge in [-0.1, -0.05) is 0 Å². The van der Waals surface area contributed by atoms with Crippen LogP contribution in [0.1, 0.15) is 11.3 Å². The highest BCUT2D eigenvalue weighted by Crippen LogP contribution is 2.06. The molecule has 78 valence electrons. The van der Waals surface area contributed by atoms with Crippen molar-refractivity contribution in [2.24, 2.45) is 7.05 Å². The second kappa shape index (κ2) is 4.57. The molecule has 0 atom stereocenters. The van der Waals surface area contributed by atoms with Gasteiger partial charge >= 0.3 is 0 Å². The summed E-state index contributed by atoms with van der Waals surface area (Å²) in [5, 5.41) is 7.52. The van der Waals surface area contributed by atoms with Crippen molar-refractivity contribution in [3.05, 3.63) is 27.7 Å². The highest BCUT2D eigenvalue weighted by atomic mass is 35.5. The highest BCUT2D eigenvalue weighted by molar-refractivity contribution is 5.85. The molecule has 0 aliphatic carbocycles. The lowest BCUT2D eigenvalue weighted by Crippen LogP contribution is -2.21. The summed E-state index contributed by atoms with van der Waals surface area (Å²) in [7, 11) is 1.70. The molecule has 0 spiro atoms. The average Bonchev–Trinajstić information content (AvgIpc) is 2.31. The van der Waals surface area contributed by atoms with E-state index in [1.165, 1.54) is 4.68 Å². The largest absolute Gasteiger partial charge is 0.316 e. The van der Waals surface area contributed by atoms with Gasteiger partial charge in [0.25, 0.3) is 5.56 Å². The van der Waals surface area contributed by atoms with Crippen molar-refractivity contribution in [3.8, 4) is 0 Å². The number of hydrogen-bond donors (Lipinski definition) is 1. The number of hydrogen-bond acceptors (Lipinski definition) is 3. The third kappa shape index (κ3) is 2.13. The van der Waals surface area contributed by atoms with Crippen molar-refractivity contribution < 1.29 is 0 Å².